The Bertz CT molecular complexity index is 439. The van der Waals surface area contributed by atoms with Crippen molar-refractivity contribution >= 4 is 11.6 Å². The van der Waals surface area contributed by atoms with Gasteiger partial charge in [-0.1, -0.05) is 11.6 Å². The van der Waals surface area contributed by atoms with Crippen molar-refractivity contribution in [2.75, 3.05) is 20.1 Å². The number of benzene rings is 1. The van der Waals surface area contributed by atoms with Gasteiger partial charge in [0, 0.05) is 29.7 Å². The van der Waals surface area contributed by atoms with E-state index in [0.29, 0.717) is 23.2 Å². The Morgan fingerprint density at radius 3 is 2.95 bits per heavy atom. The molecule has 6 heteroatoms. The van der Waals surface area contributed by atoms with Crippen LogP contribution in [0.25, 0.3) is 0 Å². The Labute approximate surface area is 122 Å². The Morgan fingerprint density at radius 1 is 1.50 bits per heavy atom. The summed E-state index contributed by atoms with van der Waals surface area (Å²) >= 11 is 5.95. The second kappa shape index (κ2) is 7.20. The molecule has 1 N–H and O–H groups in total. The average molecular weight is 305 g/mol. The minimum atomic E-state index is -2.82. The van der Waals surface area contributed by atoms with Crippen LogP contribution in [0.5, 0.6) is 5.75 Å². The summed E-state index contributed by atoms with van der Waals surface area (Å²) in [6.45, 7) is -0.324. The van der Waals surface area contributed by atoms with E-state index in [-0.39, 0.29) is 5.75 Å². The van der Waals surface area contributed by atoms with E-state index in [1.165, 1.54) is 6.07 Å². The Hall–Kier alpha value is -0.910. The molecule has 1 aliphatic rings. The fourth-order valence-electron chi connectivity index (χ4n) is 2.49. The molecule has 0 spiro atoms. The van der Waals surface area contributed by atoms with Gasteiger partial charge in [0.25, 0.3) is 0 Å². The third kappa shape index (κ3) is 4.30. The molecule has 1 aromatic rings. The van der Waals surface area contributed by atoms with Crippen LogP contribution in [0.2, 0.25) is 5.02 Å². The molecule has 1 aromatic carbocycles. The highest BCUT2D eigenvalue weighted by atomic mass is 35.5. The van der Waals surface area contributed by atoms with E-state index >= 15 is 0 Å². The molecule has 0 radical (unpaired) electrons. The number of ether oxygens (including phenoxy) is 1. The average Bonchev–Trinajstić information content (AvgIpc) is 2.42. The van der Waals surface area contributed by atoms with E-state index in [4.69, 9.17) is 11.6 Å². The van der Waals surface area contributed by atoms with Crippen molar-refractivity contribution in [1.29, 1.82) is 0 Å². The quantitative estimate of drug-likeness (QED) is 0.904. The SMILES string of the molecule is CN(Cc1cc(Cl)ccc1OC(F)F)C1CCCNC1. The fourth-order valence-corrected chi connectivity index (χ4v) is 2.68. The first-order valence-electron chi connectivity index (χ1n) is 6.70. The first kappa shape index (κ1) is 15.5. The van der Waals surface area contributed by atoms with Crippen LogP contribution < -0.4 is 10.1 Å². The zero-order valence-electron chi connectivity index (χ0n) is 11.4. The zero-order chi connectivity index (χ0) is 14.5. The zero-order valence-corrected chi connectivity index (χ0v) is 12.2. The molecule has 3 nitrogen and oxygen atoms in total. The molecule has 0 bridgehead atoms. The van der Waals surface area contributed by atoms with Crippen LogP contribution in [-0.2, 0) is 6.54 Å². The summed E-state index contributed by atoms with van der Waals surface area (Å²) in [6.07, 6.45) is 2.24. The number of piperidine rings is 1. The van der Waals surface area contributed by atoms with Crippen molar-refractivity contribution < 1.29 is 13.5 Å². The van der Waals surface area contributed by atoms with Crippen molar-refractivity contribution in [3.05, 3.63) is 28.8 Å². The second-order valence-corrected chi connectivity index (χ2v) is 5.48. The predicted molar refractivity (Wildman–Crippen MR) is 75.4 cm³/mol. The topological polar surface area (TPSA) is 24.5 Å². The van der Waals surface area contributed by atoms with Crippen LogP contribution >= 0.6 is 11.6 Å². The standard InChI is InChI=1S/C14H19ClF2N2O/c1-19(12-3-2-6-18-8-12)9-10-7-11(15)4-5-13(10)20-14(16)17/h4-5,7,12,14,18H,2-3,6,8-9H2,1H3. The van der Waals surface area contributed by atoms with Gasteiger partial charge in [-0.3, -0.25) is 4.90 Å². The van der Waals surface area contributed by atoms with Gasteiger partial charge in [-0.15, -0.1) is 0 Å². The molecule has 1 fully saturated rings. The monoisotopic (exact) mass is 304 g/mol. The molecule has 0 amide bonds. The number of alkyl halides is 2. The smallest absolute Gasteiger partial charge is 0.387 e. The molecule has 20 heavy (non-hydrogen) atoms. The van der Waals surface area contributed by atoms with Crippen molar-refractivity contribution in [3.8, 4) is 5.75 Å². The highest BCUT2D eigenvalue weighted by molar-refractivity contribution is 6.30. The number of rotatable bonds is 5. The van der Waals surface area contributed by atoms with E-state index in [1.807, 2.05) is 7.05 Å². The van der Waals surface area contributed by atoms with Crippen molar-refractivity contribution in [2.45, 2.75) is 32.0 Å². The summed E-state index contributed by atoms with van der Waals surface area (Å²) in [6, 6.07) is 5.15. The van der Waals surface area contributed by atoms with E-state index in [1.54, 1.807) is 12.1 Å². The van der Waals surface area contributed by atoms with Crippen LogP contribution in [0, 0.1) is 0 Å². The van der Waals surface area contributed by atoms with E-state index < -0.39 is 6.61 Å². The lowest BCUT2D eigenvalue weighted by atomic mass is 10.1. The van der Waals surface area contributed by atoms with Crippen LogP contribution in [0.3, 0.4) is 0 Å². The Morgan fingerprint density at radius 2 is 2.30 bits per heavy atom. The highest BCUT2D eigenvalue weighted by Crippen LogP contribution is 2.26. The largest absolute Gasteiger partial charge is 0.434 e. The van der Waals surface area contributed by atoms with Gasteiger partial charge in [-0.25, -0.2) is 0 Å². The van der Waals surface area contributed by atoms with Crippen molar-refractivity contribution in [3.63, 3.8) is 0 Å². The molecular formula is C14H19ClF2N2O. The molecular weight excluding hydrogens is 286 g/mol. The van der Waals surface area contributed by atoms with Crippen LogP contribution in [-0.4, -0.2) is 37.7 Å². The molecule has 2 rings (SSSR count). The van der Waals surface area contributed by atoms with Crippen LogP contribution in [0.15, 0.2) is 18.2 Å². The second-order valence-electron chi connectivity index (χ2n) is 5.05. The van der Waals surface area contributed by atoms with Gasteiger partial charge in [0.15, 0.2) is 0 Å². The van der Waals surface area contributed by atoms with Crippen molar-refractivity contribution in [2.24, 2.45) is 0 Å². The molecule has 0 aliphatic carbocycles. The summed E-state index contributed by atoms with van der Waals surface area (Å²) in [5.74, 6) is 0.194. The lowest BCUT2D eigenvalue weighted by molar-refractivity contribution is -0.0508. The predicted octanol–water partition coefficient (Wildman–Crippen LogP) is 3.13. The first-order valence-corrected chi connectivity index (χ1v) is 7.08. The minimum Gasteiger partial charge on any atom is -0.434 e. The van der Waals surface area contributed by atoms with Gasteiger partial charge in [0.1, 0.15) is 5.75 Å². The number of halogens is 3. The molecule has 1 saturated heterocycles. The van der Waals surface area contributed by atoms with Gasteiger partial charge >= 0.3 is 6.61 Å². The summed E-state index contributed by atoms with van der Waals surface area (Å²) < 4.78 is 29.4. The third-order valence-electron chi connectivity index (χ3n) is 3.55. The summed E-state index contributed by atoms with van der Waals surface area (Å²) in [4.78, 5) is 2.15. The minimum absolute atomic E-state index is 0.194. The molecule has 0 aromatic heterocycles. The fraction of sp³-hybridized carbons (Fsp3) is 0.571. The Kier molecular flexibility index (Phi) is 5.57. The Balaban J connectivity index is 2.08. The number of nitrogens with one attached hydrogen (secondary N) is 1. The number of hydrogen-bond donors (Lipinski definition) is 1. The van der Waals surface area contributed by atoms with Crippen LogP contribution in [0.4, 0.5) is 8.78 Å². The summed E-state index contributed by atoms with van der Waals surface area (Å²) in [5.41, 5.74) is 0.686. The lowest BCUT2D eigenvalue weighted by Crippen LogP contribution is -2.43. The molecule has 112 valence electrons. The van der Waals surface area contributed by atoms with Crippen molar-refractivity contribution in [1.82, 2.24) is 10.2 Å². The van der Waals surface area contributed by atoms with Gasteiger partial charge in [0.05, 0.1) is 0 Å². The van der Waals surface area contributed by atoms with Gasteiger partial charge in [-0.05, 0) is 44.6 Å². The van der Waals surface area contributed by atoms with Crippen LogP contribution in [0.1, 0.15) is 18.4 Å². The molecule has 1 aliphatic heterocycles. The lowest BCUT2D eigenvalue weighted by Gasteiger charge is -2.32. The highest BCUT2D eigenvalue weighted by Gasteiger charge is 2.19. The summed E-state index contributed by atoms with van der Waals surface area (Å²) in [5, 5.41) is 3.87. The number of hydrogen-bond acceptors (Lipinski definition) is 3. The first-order chi connectivity index (χ1) is 9.56. The van der Waals surface area contributed by atoms with Gasteiger partial charge < -0.3 is 10.1 Å². The third-order valence-corrected chi connectivity index (χ3v) is 3.79. The van der Waals surface area contributed by atoms with Gasteiger partial charge in [-0.2, -0.15) is 8.78 Å². The van der Waals surface area contributed by atoms with E-state index in [0.717, 1.165) is 25.9 Å². The molecule has 1 heterocycles. The molecule has 1 unspecified atom stereocenters. The van der Waals surface area contributed by atoms with Gasteiger partial charge in [0.2, 0.25) is 0 Å². The number of likely N-dealkylation sites (N-methyl/N-ethyl adjacent to an activating group) is 1. The maximum absolute atomic E-state index is 12.4. The molecule has 0 saturated carbocycles. The summed E-state index contributed by atoms with van der Waals surface area (Å²) in [7, 11) is 1.99. The van der Waals surface area contributed by atoms with E-state index in [9.17, 15) is 8.78 Å². The maximum atomic E-state index is 12.4. The maximum Gasteiger partial charge on any atom is 0.387 e. The molecule has 1 atom stereocenters. The normalized spacial score (nSPS) is 19.6. The number of nitrogens with zero attached hydrogens (tertiary/aromatic N) is 1. The van der Waals surface area contributed by atoms with E-state index in [2.05, 4.69) is 15.0 Å².